The first-order chi connectivity index (χ1) is 14.1. The van der Waals surface area contributed by atoms with Gasteiger partial charge in [0.25, 0.3) is 5.91 Å². The monoisotopic (exact) mass is 434 g/mol. The van der Waals surface area contributed by atoms with Crippen LogP contribution in [0, 0.1) is 6.92 Å². The summed E-state index contributed by atoms with van der Waals surface area (Å²) in [5.41, 5.74) is 2.21. The second-order valence-electron chi connectivity index (χ2n) is 7.15. The van der Waals surface area contributed by atoms with E-state index in [4.69, 9.17) is 16.0 Å². The van der Waals surface area contributed by atoms with Crippen LogP contribution in [0.3, 0.4) is 0 Å². The Morgan fingerprint density at radius 3 is 2.53 bits per heavy atom. The van der Waals surface area contributed by atoms with Crippen molar-refractivity contribution in [3.63, 3.8) is 0 Å². The van der Waals surface area contributed by atoms with Crippen LogP contribution in [0.4, 0.5) is 14.6 Å². The van der Waals surface area contributed by atoms with Crippen molar-refractivity contribution in [2.75, 3.05) is 5.32 Å². The van der Waals surface area contributed by atoms with E-state index in [2.05, 4.69) is 19.8 Å². The van der Waals surface area contributed by atoms with Crippen LogP contribution in [0.25, 0.3) is 11.1 Å². The average molecular weight is 435 g/mol. The largest absolute Gasteiger partial charge is 0.586 e. The third kappa shape index (κ3) is 3.70. The van der Waals surface area contributed by atoms with Crippen molar-refractivity contribution in [3.8, 4) is 22.6 Å². The predicted octanol–water partition coefficient (Wildman–Crippen LogP) is 6.00. The van der Waals surface area contributed by atoms with Gasteiger partial charge in [0.05, 0.1) is 16.8 Å². The third-order valence-corrected chi connectivity index (χ3v) is 4.87. The minimum absolute atomic E-state index is 0.0512. The Kier molecular flexibility index (Phi) is 4.89. The fourth-order valence-corrected chi connectivity index (χ4v) is 3.44. The number of carbonyl (C=O) groups is 1. The minimum Gasteiger partial charge on any atom is -0.468 e. The van der Waals surface area contributed by atoms with Crippen LogP contribution in [-0.4, -0.2) is 17.2 Å². The van der Waals surface area contributed by atoms with E-state index in [1.807, 2.05) is 13.8 Å². The van der Waals surface area contributed by atoms with Gasteiger partial charge in [0, 0.05) is 34.9 Å². The molecule has 2 aromatic heterocycles. The van der Waals surface area contributed by atoms with Gasteiger partial charge in [0.15, 0.2) is 11.5 Å². The van der Waals surface area contributed by atoms with E-state index >= 15 is 0 Å². The Morgan fingerprint density at radius 2 is 1.90 bits per heavy atom. The third-order valence-electron chi connectivity index (χ3n) is 4.56. The molecule has 0 saturated carbocycles. The van der Waals surface area contributed by atoms with Crippen molar-refractivity contribution in [3.05, 3.63) is 58.6 Å². The number of halogens is 3. The average Bonchev–Trinajstić information content (AvgIpc) is 3.19. The number of pyridine rings is 1. The van der Waals surface area contributed by atoms with Gasteiger partial charge in [0.2, 0.25) is 0 Å². The van der Waals surface area contributed by atoms with Gasteiger partial charge in [-0.15, -0.1) is 8.78 Å². The van der Waals surface area contributed by atoms with E-state index in [1.165, 1.54) is 18.3 Å². The van der Waals surface area contributed by atoms with E-state index in [1.54, 1.807) is 25.3 Å². The number of rotatable bonds is 4. The van der Waals surface area contributed by atoms with E-state index in [-0.39, 0.29) is 28.3 Å². The van der Waals surface area contributed by atoms with Crippen LogP contribution >= 0.6 is 11.6 Å². The summed E-state index contributed by atoms with van der Waals surface area (Å²) < 4.78 is 40.9. The van der Waals surface area contributed by atoms with Crippen LogP contribution in [-0.2, 0) is 0 Å². The fourth-order valence-electron chi connectivity index (χ4n) is 3.18. The Bertz CT molecular complexity index is 1130. The summed E-state index contributed by atoms with van der Waals surface area (Å²) in [7, 11) is 0. The van der Waals surface area contributed by atoms with Gasteiger partial charge >= 0.3 is 6.29 Å². The summed E-state index contributed by atoms with van der Waals surface area (Å²) >= 11 is 6.20. The van der Waals surface area contributed by atoms with E-state index in [0.717, 1.165) is 5.56 Å². The lowest BCUT2D eigenvalue weighted by Crippen LogP contribution is -2.25. The molecular formula is C21H17ClF2N2O4. The number of anilines is 1. The number of benzene rings is 1. The highest BCUT2D eigenvalue weighted by molar-refractivity contribution is 6.33. The van der Waals surface area contributed by atoms with Crippen LogP contribution in [0.1, 0.15) is 41.4 Å². The number of aryl methyl sites for hydroxylation is 1. The normalized spacial score (nSPS) is 14.2. The second kappa shape index (κ2) is 7.28. The summed E-state index contributed by atoms with van der Waals surface area (Å²) in [6.07, 6.45) is -0.703. The van der Waals surface area contributed by atoms with Crippen molar-refractivity contribution in [2.24, 2.45) is 0 Å². The molecule has 3 aromatic rings. The highest BCUT2D eigenvalue weighted by Crippen LogP contribution is 2.46. The summed E-state index contributed by atoms with van der Waals surface area (Å²) in [4.78, 5) is 16.9. The number of hydrogen-bond acceptors (Lipinski definition) is 5. The quantitative estimate of drug-likeness (QED) is 0.545. The van der Waals surface area contributed by atoms with E-state index in [0.29, 0.717) is 28.3 Å². The zero-order valence-electron chi connectivity index (χ0n) is 16.3. The molecule has 156 valence electrons. The van der Waals surface area contributed by atoms with Gasteiger partial charge in [-0.25, -0.2) is 4.98 Å². The summed E-state index contributed by atoms with van der Waals surface area (Å²) in [6.45, 7) is 5.67. The van der Waals surface area contributed by atoms with Crippen molar-refractivity contribution in [1.82, 2.24) is 4.98 Å². The number of ether oxygens (including phenoxy) is 2. The molecule has 0 bridgehead atoms. The molecule has 0 unspecified atom stereocenters. The second-order valence-corrected chi connectivity index (χ2v) is 7.55. The molecule has 4 rings (SSSR count). The number of carbonyl (C=O) groups excluding carboxylic acids is 1. The maximum absolute atomic E-state index is 13.3. The van der Waals surface area contributed by atoms with Crippen molar-refractivity contribution < 1.29 is 27.5 Å². The first kappa shape index (κ1) is 20.2. The first-order valence-corrected chi connectivity index (χ1v) is 9.47. The lowest BCUT2D eigenvalue weighted by Gasteiger charge is -2.09. The van der Waals surface area contributed by atoms with Gasteiger partial charge in [-0.3, -0.25) is 4.79 Å². The maximum Gasteiger partial charge on any atom is 0.586 e. The molecule has 1 aliphatic rings. The SMILES string of the molecule is Cc1coc(C(C)C)c1C(=O)Nc1ccc(-c2cc3c(cc2Cl)OC(F)(F)O3)cn1. The standard InChI is InChI=1S/C21H17ClF2N2O4/c1-10(2)19-18(11(3)9-28-19)20(27)26-17-5-4-12(8-25-17)13-6-15-16(7-14(13)22)30-21(23,24)29-15/h4-10H,1-3H3,(H,25,26,27). The summed E-state index contributed by atoms with van der Waals surface area (Å²) in [5.74, 6) is 0.396. The molecule has 0 aliphatic carbocycles. The molecule has 1 aromatic carbocycles. The summed E-state index contributed by atoms with van der Waals surface area (Å²) in [5, 5.41) is 2.94. The lowest BCUT2D eigenvalue weighted by molar-refractivity contribution is -0.286. The Labute approximate surface area is 175 Å². The van der Waals surface area contributed by atoms with Crippen LogP contribution < -0.4 is 14.8 Å². The number of alkyl halides is 2. The van der Waals surface area contributed by atoms with E-state index in [9.17, 15) is 13.6 Å². The molecule has 6 nitrogen and oxygen atoms in total. The zero-order valence-corrected chi connectivity index (χ0v) is 17.0. The fraction of sp³-hybridized carbons (Fsp3) is 0.238. The lowest BCUT2D eigenvalue weighted by atomic mass is 10.0. The molecule has 0 fully saturated rings. The van der Waals surface area contributed by atoms with Crippen molar-refractivity contribution in [2.45, 2.75) is 33.0 Å². The molecule has 1 N–H and O–H groups in total. The Morgan fingerprint density at radius 1 is 1.20 bits per heavy atom. The smallest absolute Gasteiger partial charge is 0.468 e. The van der Waals surface area contributed by atoms with Gasteiger partial charge in [-0.1, -0.05) is 25.4 Å². The molecule has 3 heterocycles. The Hall–Kier alpha value is -3.13. The molecule has 1 aliphatic heterocycles. The topological polar surface area (TPSA) is 73.6 Å². The Balaban J connectivity index is 1.56. The molecular weight excluding hydrogens is 418 g/mol. The number of amides is 1. The van der Waals surface area contributed by atoms with Gasteiger partial charge in [-0.2, -0.15) is 0 Å². The molecule has 9 heteroatoms. The number of furan rings is 1. The highest BCUT2D eigenvalue weighted by Gasteiger charge is 2.43. The molecule has 0 saturated heterocycles. The van der Waals surface area contributed by atoms with Crippen LogP contribution in [0.15, 0.2) is 41.1 Å². The highest BCUT2D eigenvalue weighted by atomic mass is 35.5. The predicted molar refractivity (Wildman–Crippen MR) is 106 cm³/mol. The molecule has 0 radical (unpaired) electrons. The van der Waals surface area contributed by atoms with Crippen molar-refractivity contribution in [1.29, 1.82) is 0 Å². The van der Waals surface area contributed by atoms with Gasteiger partial charge in [0.1, 0.15) is 11.6 Å². The van der Waals surface area contributed by atoms with Gasteiger partial charge < -0.3 is 19.2 Å². The summed E-state index contributed by atoms with van der Waals surface area (Å²) in [6, 6.07) is 5.87. The number of nitrogens with zero attached hydrogens (tertiary/aromatic N) is 1. The molecule has 0 spiro atoms. The molecule has 30 heavy (non-hydrogen) atoms. The van der Waals surface area contributed by atoms with E-state index < -0.39 is 6.29 Å². The van der Waals surface area contributed by atoms with Crippen LogP contribution in [0.5, 0.6) is 11.5 Å². The maximum atomic E-state index is 13.3. The number of aromatic nitrogens is 1. The number of hydrogen-bond donors (Lipinski definition) is 1. The number of nitrogens with one attached hydrogen (secondary N) is 1. The minimum atomic E-state index is -3.73. The molecule has 0 atom stereocenters. The first-order valence-electron chi connectivity index (χ1n) is 9.10. The zero-order chi connectivity index (χ0) is 21.6. The number of fused-ring (bicyclic) bond motifs is 1. The molecule has 1 amide bonds. The van der Waals surface area contributed by atoms with Crippen molar-refractivity contribution >= 4 is 23.3 Å². The van der Waals surface area contributed by atoms with Crippen LogP contribution in [0.2, 0.25) is 5.02 Å². The van der Waals surface area contributed by atoms with Gasteiger partial charge in [-0.05, 0) is 25.1 Å².